The number of halogens is 2. The van der Waals surface area contributed by atoms with E-state index in [1.54, 1.807) is 17.5 Å². The second kappa shape index (κ2) is 3.20. The van der Waals surface area contributed by atoms with E-state index in [1.165, 1.54) is 0 Å². The predicted molar refractivity (Wildman–Crippen MR) is 54.6 cm³/mol. The third kappa shape index (κ3) is 1.55. The highest BCUT2D eigenvalue weighted by Gasteiger charge is 2.03. The maximum absolute atomic E-state index is 5.64. The van der Waals surface area contributed by atoms with Gasteiger partial charge in [-0.05, 0) is 39.7 Å². The van der Waals surface area contributed by atoms with Crippen molar-refractivity contribution in [1.29, 1.82) is 0 Å². The first-order chi connectivity index (χ1) is 5.75. The zero-order chi connectivity index (χ0) is 8.55. The van der Waals surface area contributed by atoms with Crippen molar-refractivity contribution in [2.75, 3.05) is 0 Å². The third-order valence-corrected chi connectivity index (χ3v) is 3.23. The summed E-state index contributed by atoms with van der Waals surface area (Å²) in [6, 6.07) is 4.01. The van der Waals surface area contributed by atoms with Crippen LogP contribution < -0.4 is 0 Å². The number of hydrogen-bond donors (Lipinski definition) is 1. The standard InChI is InChI=1S/C7H4BrClN2S/c8-6-2-1-5(12-6)4-3-10-7(9)11-4/h1-3H,(H,10,11). The number of aromatic nitrogens is 2. The van der Waals surface area contributed by atoms with Crippen molar-refractivity contribution in [2.45, 2.75) is 0 Å². The monoisotopic (exact) mass is 262 g/mol. The van der Waals surface area contributed by atoms with Gasteiger partial charge < -0.3 is 4.98 Å². The molecule has 0 atom stereocenters. The highest BCUT2D eigenvalue weighted by molar-refractivity contribution is 9.11. The van der Waals surface area contributed by atoms with Gasteiger partial charge in [0.15, 0.2) is 5.28 Å². The molecule has 1 N–H and O–H groups in total. The summed E-state index contributed by atoms with van der Waals surface area (Å²) >= 11 is 10.7. The zero-order valence-electron chi connectivity index (χ0n) is 5.84. The molecule has 0 aliphatic rings. The summed E-state index contributed by atoms with van der Waals surface area (Å²) < 4.78 is 1.10. The lowest BCUT2D eigenvalue weighted by Gasteiger charge is -1.86. The van der Waals surface area contributed by atoms with Gasteiger partial charge in [-0.15, -0.1) is 11.3 Å². The average Bonchev–Trinajstić information content (AvgIpc) is 2.58. The molecule has 2 aromatic rings. The summed E-state index contributed by atoms with van der Waals surface area (Å²) in [7, 11) is 0. The number of nitrogens with one attached hydrogen (secondary N) is 1. The van der Waals surface area contributed by atoms with Gasteiger partial charge in [-0.3, -0.25) is 0 Å². The van der Waals surface area contributed by atoms with Gasteiger partial charge in [-0.2, -0.15) is 0 Å². The van der Waals surface area contributed by atoms with Gasteiger partial charge in [0.05, 0.1) is 20.6 Å². The normalized spacial score (nSPS) is 10.5. The predicted octanol–water partition coefficient (Wildman–Crippen LogP) is 3.55. The van der Waals surface area contributed by atoms with Crippen LogP contribution >= 0.6 is 38.9 Å². The second-order valence-electron chi connectivity index (χ2n) is 2.19. The molecule has 0 aromatic carbocycles. The molecule has 0 bridgehead atoms. The Hall–Kier alpha value is -0.320. The Bertz CT molecular complexity index is 357. The van der Waals surface area contributed by atoms with Crippen LogP contribution in [-0.2, 0) is 0 Å². The Balaban J connectivity index is 2.43. The molecule has 0 radical (unpaired) electrons. The topological polar surface area (TPSA) is 28.7 Å². The highest BCUT2D eigenvalue weighted by atomic mass is 79.9. The van der Waals surface area contributed by atoms with Gasteiger partial charge in [0.25, 0.3) is 0 Å². The van der Waals surface area contributed by atoms with Crippen LogP contribution in [0.25, 0.3) is 10.6 Å². The van der Waals surface area contributed by atoms with E-state index in [0.717, 1.165) is 14.4 Å². The lowest BCUT2D eigenvalue weighted by Crippen LogP contribution is -1.67. The summed E-state index contributed by atoms with van der Waals surface area (Å²) in [5.74, 6) is 0. The fourth-order valence-electron chi connectivity index (χ4n) is 0.881. The molecule has 0 spiro atoms. The van der Waals surface area contributed by atoms with Crippen LogP contribution in [0, 0.1) is 0 Å². The molecule has 0 aliphatic carbocycles. The van der Waals surface area contributed by atoms with E-state index in [1.807, 2.05) is 12.1 Å². The summed E-state index contributed by atoms with van der Waals surface area (Å²) in [6.45, 7) is 0. The van der Waals surface area contributed by atoms with Gasteiger partial charge >= 0.3 is 0 Å². The van der Waals surface area contributed by atoms with E-state index < -0.39 is 0 Å². The molecule has 0 unspecified atom stereocenters. The number of hydrogen-bond acceptors (Lipinski definition) is 2. The molecule has 2 nitrogen and oxygen atoms in total. The van der Waals surface area contributed by atoms with Crippen LogP contribution in [-0.4, -0.2) is 9.97 Å². The number of rotatable bonds is 1. The summed E-state index contributed by atoms with van der Waals surface area (Å²) in [6.07, 6.45) is 1.72. The number of imidazole rings is 1. The van der Waals surface area contributed by atoms with Crippen LogP contribution in [0.3, 0.4) is 0 Å². The van der Waals surface area contributed by atoms with E-state index >= 15 is 0 Å². The minimum absolute atomic E-state index is 0.425. The molecule has 0 amide bonds. The van der Waals surface area contributed by atoms with Gasteiger partial charge in [-0.25, -0.2) is 4.98 Å². The smallest absolute Gasteiger partial charge is 0.200 e. The first-order valence-electron chi connectivity index (χ1n) is 3.22. The van der Waals surface area contributed by atoms with Crippen LogP contribution in [0.4, 0.5) is 0 Å². The highest BCUT2D eigenvalue weighted by Crippen LogP contribution is 2.30. The molecule has 0 aliphatic heterocycles. The Kier molecular flexibility index (Phi) is 2.21. The van der Waals surface area contributed by atoms with E-state index in [2.05, 4.69) is 25.9 Å². The van der Waals surface area contributed by atoms with Crippen molar-refractivity contribution >= 4 is 38.9 Å². The molecule has 2 heterocycles. The first-order valence-corrected chi connectivity index (χ1v) is 5.20. The van der Waals surface area contributed by atoms with Crippen molar-refractivity contribution in [1.82, 2.24) is 9.97 Å². The van der Waals surface area contributed by atoms with E-state index in [-0.39, 0.29) is 0 Å². The van der Waals surface area contributed by atoms with Crippen molar-refractivity contribution in [2.24, 2.45) is 0 Å². The van der Waals surface area contributed by atoms with Crippen LogP contribution in [0.15, 0.2) is 22.1 Å². The number of aromatic amines is 1. The van der Waals surface area contributed by atoms with Crippen LogP contribution in [0.1, 0.15) is 0 Å². The molecule has 0 saturated carbocycles. The molecule has 2 aromatic heterocycles. The summed E-state index contributed by atoms with van der Waals surface area (Å²) in [5.41, 5.74) is 0.954. The zero-order valence-corrected chi connectivity index (χ0v) is 9.00. The third-order valence-electron chi connectivity index (χ3n) is 1.38. The van der Waals surface area contributed by atoms with Crippen molar-refractivity contribution in [3.8, 4) is 10.6 Å². The Morgan fingerprint density at radius 2 is 2.33 bits per heavy atom. The van der Waals surface area contributed by atoms with Crippen LogP contribution in [0.5, 0.6) is 0 Å². The number of thiophene rings is 1. The maximum Gasteiger partial charge on any atom is 0.200 e. The van der Waals surface area contributed by atoms with Gasteiger partial charge in [0, 0.05) is 0 Å². The minimum Gasteiger partial charge on any atom is -0.328 e. The Morgan fingerprint density at radius 3 is 2.83 bits per heavy atom. The number of nitrogens with zero attached hydrogens (tertiary/aromatic N) is 1. The Labute approximate surface area is 86.7 Å². The lowest BCUT2D eigenvalue weighted by atomic mass is 10.4. The fourth-order valence-corrected chi connectivity index (χ4v) is 2.38. The van der Waals surface area contributed by atoms with Crippen molar-refractivity contribution < 1.29 is 0 Å². The molecule has 0 saturated heterocycles. The summed E-state index contributed by atoms with van der Waals surface area (Å²) in [4.78, 5) is 7.98. The van der Waals surface area contributed by atoms with Crippen molar-refractivity contribution in [3.63, 3.8) is 0 Å². The van der Waals surface area contributed by atoms with E-state index in [0.29, 0.717) is 5.28 Å². The fraction of sp³-hybridized carbons (Fsp3) is 0. The van der Waals surface area contributed by atoms with E-state index in [4.69, 9.17) is 11.6 Å². The van der Waals surface area contributed by atoms with Crippen LogP contribution in [0.2, 0.25) is 5.28 Å². The van der Waals surface area contributed by atoms with Crippen molar-refractivity contribution in [3.05, 3.63) is 27.4 Å². The SMILES string of the molecule is Clc1ncc(-c2ccc(Br)s2)[nH]1. The molecule has 2 rings (SSSR count). The van der Waals surface area contributed by atoms with Gasteiger partial charge in [-0.1, -0.05) is 0 Å². The van der Waals surface area contributed by atoms with E-state index in [9.17, 15) is 0 Å². The molecule has 5 heteroatoms. The largest absolute Gasteiger partial charge is 0.328 e. The average molecular weight is 264 g/mol. The number of H-pyrrole nitrogens is 1. The minimum atomic E-state index is 0.425. The maximum atomic E-state index is 5.64. The quantitative estimate of drug-likeness (QED) is 0.837. The van der Waals surface area contributed by atoms with Gasteiger partial charge in [0.1, 0.15) is 0 Å². The molecule has 12 heavy (non-hydrogen) atoms. The molecular weight excluding hydrogens is 260 g/mol. The van der Waals surface area contributed by atoms with Gasteiger partial charge in [0.2, 0.25) is 0 Å². The first kappa shape index (κ1) is 8.29. The second-order valence-corrected chi connectivity index (χ2v) is 5.01. The Morgan fingerprint density at radius 1 is 1.50 bits per heavy atom. The molecule has 0 fully saturated rings. The summed E-state index contributed by atoms with van der Waals surface area (Å²) in [5, 5.41) is 0.425. The molecular formula is C7H4BrClN2S. The lowest BCUT2D eigenvalue weighted by molar-refractivity contribution is 1.31. The molecule has 62 valence electrons.